The first-order chi connectivity index (χ1) is 13.7. The van der Waals surface area contributed by atoms with E-state index in [0.717, 1.165) is 5.56 Å². The van der Waals surface area contributed by atoms with Crippen molar-refractivity contribution in [3.8, 4) is 5.88 Å². The van der Waals surface area contributed by atoms with Gasteiger partial charge in [-0.15, -0.1) is 0 Å². The van der Waals surface area contributed by atoms with E-state index in [4.69, 9.17) is 4.74 Å². The van der Waals surface area contributed by atoms with E-state index in [1.807, 2.05) is 36.4 Å². The molecular weight excluding hydrogens is 354 g/mol. The SMILES string of the molecule is COc1ccc(NC(=O)CC(NC(=O)c2ccccc2)c2ccccc2)cn1. The van der Waals surface area contributed by atoms with E-state index in [9.17, 15) is 9.59 Å². The first-order valence-corrected chi connectivity index (χ1v) is 8.86. The van der Waals surface area contributed by atoms with E-state index < -0.39 is 6.04 Å². The summed E-state index contributed by atoms with van der Waals surface area (Å²) in [4.78, 5) is 29.2. The van der Waals surface area contributed by atoms with Crippen molar-refractivity contribution in [1.29, 1.82) is 0 Å². The molecule has 0 bridgehead atoms. The fourth-order valence-electron chi connectivity index (χ4n) is 2.74. The van der Waals surface area contributed by atoms with Gasteiger partial charge in [0.1, 0.15) is 0 Å². The van der Waals surface area contributed by atoms with Crippen molar-refractivity contribution in [2.75, 3.05) is 12.4 Å². The second kappa shape index (κ2) is 9.32. The summed E-state index contributed by atoms with van der Waals surface area (Å²) in [5.74, 6) is 0.0119. The number of aromatic nitrogens is 1. The Bertz CT molecular complexity index is 913. The minimum Gasteiger partial charge on any atom is -0.481 e. The van der Waals surface area contributed by atoms with Gasteiger partial charge in [-0.2, -0.15) is 0 Å². The Morgan fingerprint density at radius 1 is 0.964 bits per heavy atom. The van der Waals surface area contributed by atoms with Crippen LogP contribution in [-0.4, -0.2) is 23.9 Å². The van der Waals surface area contributed by atoms with Crippen LogP contribution in [0.1, 0.15) is 28.4 Å². The number of hydrogen-bond acceptors (Lipinski definition) is 4. The smallest absolute Gasteiger partial charge is 0.251 e. The number of rotatable bonds is 7. The molecule has 0 aliphatic rings. The third-order valence-corrected chi connectivity index (χ3v) is 4.16. The van der Waals surface area contributed by atoms with Gasteiger partial charge in [-0.25, -0.2) is 4.98 Å². The van der Waals surface area contributed by atoms with Crippen molar-refractivity contribution in [3.05, 3.63) is 90.1 Å². The molecule has 0 saturated heterocycles. The number of nitrogens with one attached hydrogen (secondary N) is 2. The van der Waals surface area contributed by atoms with Crippen LogP contribution in [0.25, 0.3) is 0 Å². The number of ether oxygens (including phenoxy) is 1. The monoisotopic (exact) mass is 375 g/mol. The predicted molar refractivity (Wildman–Crippen MR) is 107 cm³/mol. The van der Waals surface area contributed by atoms with Gasteiger partial charge in [0, 0.05) is 11.6 Å². The quantitative estimate of drug-likeness (QED) is 0.661. The molecule has 3 rings (SSSR count). The molecule has 142 valence electrons. The van der Waals surface area contributed by atoms with Crippen molar-refractivity contribution in [3.63, 3.8) is 0 Å². The Balaban J connectivity index is 1.71. The molecule has 1 heterocycles. The highest BCUT2D eigenvalue weighted by atomic mass is 16.5. The molecule has 28 heavy (non-hydrogen) atoms. The fraction of sp³-hybridized carbons (Fsp3) is 0.136. The Kier molecular flexibility index (Phi) is 6.36. The molecule has 6 heteroatoms. The molecule has 1 atom stereocenters. The maximum Gasteiger partial charge on any atom is 0.251 e. The van der Waals surface area contributed by atoms with Crippen molar-refractivity contribution in [1.82, 2.24) is 10.3 Å². The molecule has 0 radical (unpaired) electrons. The zero-order valence-electron chi connectivity index (χ0n) is 15.5. The molecule has 0 saturated carbocycles. The molecule has 1 unspecified atom stereocenters. The highest BCUT2D eigenvalue weighted by molar-refractivity contribution is 5.95. The van der Waals surface area contributed by atoms with Crippen LogP contribution in [0.3, 0.4) is 0 Å². The fourth-order valence-corrected chi connectivity index (χ4v) is 2.74. The van der Waals surface area contributed by atoms with Gasteiger partial charge in [0.2, 0.25) is 11.8 Å². The highest BCUT2D eigenvalue weighted by Gasteiger charge is 2.19. The topological polar surface area (TPSA) is 80.3 Å². The molecule has 6 nitrogen and oxygen atoms in total. The summed E-state index contributed by atoms with van der Waals surface area (Å²) in [6, 6.07) is 21.3. The highest BCUT2D eigenvalue weighted by Crippen LogP contribution is 2.19. The normalized spacial score (nSPS) is 11.3. The first-order valence-electron chi connectivity index (χ1n) is 8.86. The largest absolute Gasteiger partial charge is 0.481 e. The van der Waals surface area contributed by atoms with Gasteiger partial charge in [-0.3, -0.25) is 9.59 Å². The zero-order valence-corrected chi connectivity index (χ0v) is 15.5. The van der Waals surface area contributed by atoms with Crippen LogP contribution in [0.15, 0.2) is 79.0 Å². The summed E-state index contributed by atoms with van der Waals surface area (Å²) in [6.07, 6.45) is 1.62. The zero-order chi connectivity index (χ0) is 19.8. The van der Waals surface area contributed by atoms with Crippen LogP contribution in [0, 0.1) is 0 Å². The number of methoxy groups -OCH3 is 1. The lowest BCUT2D eigenvalue weighted by molar-refractivity contribution is -0.116. The predicted octanol–water partition coefficient (Wildman–Crippen LogP) is 3.59. The van der Waals surface area contributed by atoms with Gasteiger partial charge >= 0.3 is 0 Å². The van der Waals surface area contributed by atoms with Gasteiger partial charge < -0.3 is 15.4 Å². The third kappa shape index (κ3) is 5.17. The van der Waals surface area contributed by atoms with Crippen LogP contribution < -0.4 is 15.4 Å². The number of anilines is 1. The molecule has 0 fully saturated rings. The average molecular weight is 375 g/mol. The summed E-state index contributed by atoms with van der Waals surface area (Å²) in [5.41, 5.74) is 1.96. The summed E-state index contributed by atoms with van der Waals surface area (Å²) < 4.78 is 5.01. The van der Waals surface area contributed by atoms with Crippen molar-refractivity contribution >= 4 is 17.5 Å². The lowest BCUT2D eigenvalue weighted by Crippen LogP contribution is -2.31. The number of amides is 2. The van der Waals surface area contributed by atoms with E-state index in [0.29, 0.717) is 17.1 Å². The Morgan fingerprint density at radius 3 is 2.25 bits per heavy atom. The van der Waals surface area contributed by atoms with Gasteiger partial charge in [-0.05, 0) is 23.8 Å². The number of nitrogens with zero attached hydrogens (tertiary/aromatic N) is 1. The second-order valence-electron chi connectivity index (χ2n) is 6.14. The lowest BCUT2D eigenvalue weighted by atomic mass is 10.0. The summed E-state index contributed by atoms with van der Waals surface area (Å²) in [6.45, 7) is 0. The second-order valence-corrected chi connectivity index (χ2v) is 6.14. The van der Waals surface area contributed by atoms with Gasteiger partial charge in [0.15, 0.2) is 0 Å². The summed E-state index contributed by atoms with van der Waals surface area (Å²) >= 11 is 0. The van der Waals surface area contributed by atoms with Crippen molar-refractivity contribution < 1.29 is 14.3 Å². The summed E-state index contributed by atoms with van der Waals surface area (Å²) in [5, 5.41) is 5.75. The van der Waals surface area contributed by atoms with E-state index in [2.05, 4.69) is 15.6 Å². The average Bonchev–Trinajstić information content (AvgIpc) is 2.75. The number of carbonyl (C=O) groups is 2. The molecule has 0 aliphatic heterocycles. The van der Waals surface area contributed by atoms with Crippen molar-refractivity contribution in [2.45, 2.75) is 12.5 Å². The minimum absolute atomic E-state index is 0.0919. The molecular formula is C22H21N3O3. The van der Waals surface area contributed by atoms with Crippen LogP contribution in [-0.2, 0) is 4.79 Å². The Hall–Kier alpha value is -3.67. The molecule has 3 aromatic rings. The minimum atomic E-state index is -0.458. The summed E-state index contributed by atoms with van der Waals surface area (Å²) in [7, 11) is 1.53. The van der Waals surface area contributed by atoms with Gasteiger partial charge in [-0.1, -0.05) is 48.5 Å². The van der Waals surface area contributed by atoms with Crippen LogP contribution >= 0.6 is 0 Å². The van der Waals surface area contributed by atoms with Gasteiger partial charge in [0.25, 0.3) is 5.91 Å². The lowest BCUT2D eigenvalue weighted by Gasteiger charge is -2.19. The maximum absolute atomic E-state index is 12.6. The van der Waals surface area contributed by atoms with Crippen LogP contribution in [0.5, 0.6) is 5.88 Å². The number of pyridine rings is 1. The third-order valence-electron chi connectivity index (χ3n) is 4.16. The van der Waals surface area contributed by atoms with E-state index >= 15 is 0 Å². The Labute approximate surface area is 163 Å². The number of hydrogen-bond donors (Lipinski definition) is 2. The first kappa shape index (κ1) is 19.1. The molecule has 2 N–H and O–H groups in total. The maximum atomic E-state index is 12.6. The molecule has 2 aromatic carbocycles. The van der Waals surface area contributed by atoms with Crippen molar-refractivity contribution in [2.24, 2.45) is 0 Å². The van der Waals surface area contributed by atoms with Gasteiger partial charge in [0.05, 0.1) is 31.5 Å². The van der Waals surface area contributed by atoms with Crippen LogP contribution in [0.2, 0.25) is 0 Å². The number of carbonyl (C=O) groups excluding carboxylic acids is 2. The van der Waals surface area contributed by atoms with E-state index in [1.54, 1.807) is 36.4 Å². The van der Waals surface area contributed by atoms with Crippen LogP contribution in [0.4, 0.5) is 5.69 Å². The standard InChI is InChI=1S/C22H21N3O3/c1-28-21-13-12-18(15-23-21)24-20(26)14-19(16-8-4-2-5-9-16)25-22(27)17-10-6-3-7-11-17/h2-13,15,19H,14H2,1H3,(H,24,26)(H,25,27). The molecule has 2 amide bonds. The molecule has 1 aromatic heterocycles. The Morgan fingerprint density at radius 2 is 1.64 bits per heavy atom. The number of benzene rings is 2. The van der Waals surface area contributed by atoms with E-state index in [-0.39, 0.29) is 18.2 Å². The van der Waals surface area contributed by atoms with E-state index in [1.165, 1.54) is 13.3 Å². The molecule has 0 spiro atoms. The molecule has 0 aliphatic carbocycles.